The molecule has 1 saturated heterocycles. The number of hydrogen-bond acceptors (Lipinski definition) is 4. The lowest BCUT2D eigenvalue weighted by Crippen LogP contribution is -2.52. The summed E-state index contributed by atoms with van der Waals surface area (Å²) >= 11 is 0. The van der Waals surface area contributed by atoms with Crippen LogP contribution in [0.25, 0.3) is 11.0 Å². The zero-order valence-corrected chi connectivity index (χ0v) is 15.4. The highest BCUT2D eigenvalue weighted by atomic mass is 16.2. The number of carbonyl (C=O) groups excluding carboxylic acids is 2. The quantitative estimate of drug-likeness (QED) is 0.648. The second kappa shape index (κ2) is 7.99. The first-order chi connectivity index (χ1) is 13.7. The molecule has 0 spiro atoms. The van der Waals surface area contributed by atoms with Gasteiger partial charge in [0, 0.05) is 31.9 Å². The summed E-state index contributed by atoms with van der Waals surface area (Å²) in [4.78, 5) is 35.7. The number of rotatable bonds is 4. The Balaban J connectivity index is 1.23. The molecule has 4 rings (SSSR count). The molecule has 1 aliphatic rings. The summed E-state index contributed by atoms with van der Waals surface area (Å²) in [6.07, 6.45) is 0. The molecule has 0 unspecified atom stereocenters. The van der Waals surface area contributed by atoms with Crippen molar-refractivity contribution in [3.63, 3.8) is 0 Å². The van der Waals surface area contributed by atoms with Crippen LogP contribution >= 0.6 is 0 Å². The minimum atomic E-state index is -0.324. The van der Waals surface area contributed by atoms with Gasteiger partial charge in [-0.2, -0.15) is 0 Å². The van der Waals surface area contributed by atoms with Crippen molar-refractivity contribution in [3.8, 4) is 0 Å². The molecule has 28 heavy (non-hydrogen) atoms. The Kier molecular flexibility index (Phi) is 5.09. The lowest BCUT2D eigenvalue weighted by Gasteiger charge is -2.36. The minimum Gasteiger partial charge on any atom is -0.368 e. The van der Waals surface area contributed by atoms with Crippen molar-refractivity contribution in [2.45, 2.75) is 0 Å². The number of para-hydroxylation sites is 3. The summed E-state index contributed by atoms with van der Waals surface area (Å²) in [5.74, 6) is 0.0484. The van der Waals surface area contributed by atoms with Gasteiger partial charge in [0.25, 0.3) is 0 Å². The number of amides is 3. The number of hydrogen-bond donors (Lipinski definition) is 3. The molecule has 8 heteroatoms. The Hall–Kier alpha value is -3.55. The molecule has 0 aliphatic carbocycles. The highest BCUT2D eigenvalue weighted by Crippen LogP contribution is 2.15. The molecule has 3 amide bonds. The average molecular weight is 378 g/mol. The topological polar surface area (TPSA) is 93.4 Å². The first-order valence-corrected chi connectivity index (χ1v) is 9.26. The third kappa shape index (κ3) is 4.06. The van der Waals surface area contributed by atoms with Gasteiger partial charge in [-0.3, -0.25) is 10.1 Å². The zero-order valence-electron chi connectivity index (χ0n) is 15.4. The number of benzene rings is 2. The molecule has 0 bridgehead atoms. The first-order valence-electron chi connectivity index (χ1n) is 9.26. The molecule has 2 aromatic carbocycles. The second-order valence-electron chi connectivity index (χ2n) is 6.62. The van der Waals surface area contributed by atoms with Gasteiger partial charge in [0.1, 0.15) is 0 Å². The van der Waals surface area contributed by atoms with Gasteiger partial charge in [0.05, 0.1) is 17.6 Å². The van der Waals surface area contributed by atoms with Crippen LogP contribution in [-0.4, -0.2) is 59.5 Å². The molecular formula is C20H22N6O2. The van der Waals surface area contributed by atoms with Crippen LogP contribution < -0.4 is 15.5 Å². The van der Waals surface area contributed by atoms with Gasteiger partial charge < -0.3 is 20.1 Å². The van der Waals surface area contributed by atoms with Crippen molar-refractivity contribution in [3.05, 3.63) is 54.6 Å². The van der Waals surface area contributed by atoms with Crippen LogP contribution in [0.3, 0.4) is 0 Å². The van der Waals surface area contributed by atoms with Gasteiger partial charge in [-0.05, 0) is 24.3 Å². The average Bonchev–Trinajstić information content (AvgIpc) is 3.15. The van der Waals surface area contributed by atoms with Crippen LogP contribution in [0.2, 0.25) is 0 Å². The summed E-state index contributed by atoms with van der Waals surface area (Å²) in [6, 6.07) is 17.4. The maximum absolute atomic E-state index is 12.3. The third-order valence-corrected chi connectivity index (χ3v) is 4.74. The van der Waals surface area contributed by atoms with Crippen molar-refractivity contribution >= 4 is 34.6 Å². The van der Waals surface area contributed by atoms with Crippen LogP contribution in [0.5, 0.6) is 0 Å². The Morgan fingerprint density at radius 2 is 1.68 bits per heavy atom. The van der Waals surface area contributed by atoms with Gasteiger partial charge in [0.15, 0.2) is 0 Å². The molecule has 144 valence electrons. The van der Waals surface area contributed by atoms with E-state index in [2.05, 4.69) is 37.6 Å². The fraction of sp³-hybridized carbons (Fsp3) is 0.250. The lowest BCUT2D eigenvalue weighted by atomic mass is 10.2. The van der Waals surface area contributed by atoms with Crippen molar-refractivity contribution < 1.29 is 9.59 Å². The van der Waals surface area contributed by atoms with Crippen LogP contribution in [-0.2, 0) is 4.79 Å². The maximum Gasteiger partial charge on any atom is 0.317 e. The summed E-state index contributed by atoms with van der Waals surface area (Å²) in [6.45, 7) is 2.66. The molecule has 0 radical (unpaired) electrons. The van der Waals surface area contributed by atoms with E-state index in [-0.39, 0.29) is 18.5 Å². The molecule has 0 atom stereocenters. The van der Waals surface area contributed by atoms with Crippen LogP contribution in [0.4, 0.5) is 16.4 Å². The van der Waals surface area contributed by atoms with Gasteiger partial charge in [-0.25, -0.2) is 9.78 Å². The van der Waals surface area contributed by atoms with Crippen LogP contribution in [0.1, 0.15) is 0 Å². The lowest BCUT2D eigenvalue weighted by molar-refractivity contribution is -0.115. The van der Waals surface area contributed by atoms with E-state index in [4.69, 9.17) is 0 Å². The first kappa shape index (κ1) is 17.8. The van der Waals surface area contributed by atoms with E-state index in [9.17, 15) is 9.59 Å². The third-order valence-electron chi connectivity index (χ3n) is 4.74. The second-order valence-corrected chi connectivity index (χ2v) is 6.62. The molecular weight excluding hydrogens is 356 g/mol. The number of aromatic amines is 1. The van der Waals surface area contributed by atoms with E-state index < -0.39 is 0 Å². The minimum absolute atomic E-state index is 0.102. The number of imidazole rings is 1. The summed E-state index contributed by atoms with van der Waals surface area (Å²) in [7, 11) is 0. The Labute approximate surface area is 162 Å². The normalized spacial score (nSPS) is 14.1. The SMILES string of the molecule is O=C(CNC(=O)N1CCN(c2ccccc2)CC1)Nc1nc2ccccc2[nH]1. The predicted octanol–water partition coefficient (Wildman–Crippen LogP) is 2.03. The predicted molar refractivity (Wildman–Crippen MR) is 108 cm³/mol. The number of nitrogens with one attached hydrogen (secondary N) is 3. The number of aromatic nitrogens is 2. The van der Waals surface area contributed by atoms with E-state index in [0.717, 1.165) is 29.8 Å². The van der Waals surface area contributed by atoms with E-state index in [1.165, 1.54) is 0 Å². The summed E-state index contributed by atoms with van der Waals surface area (Å²) in [5, 5.41) is 5.35. The molecule has 1 fully saturated rings. The van der Waals surface area contributed by atoms with Gasteiger partial charge in [-0.15, -0.1) is 0 Å². The van der Waals surface area contributed by atoms with E-state index in [1.807, 2.05) is 42.5 Å². The molecule has 3 aromatic rings. The van der Waals surface area contributed by atoms with E-state index in [1.54, 1.807) is 4.90 Å². The number of fused-ring (bicyclic) bond motifs is 1. The largest absolute Gasteiger partial charge is 0.368 e. The number of anilines is 2. The van der Waals surface area contributed by atoms with E-state index >= 15 is 0 Å². The van der Waals surface area contributed by atoms with Gasteiger partial charge in [0.2, 0.25) is 11.9 Å². The molecule has 1 aliphatic heterocycles. The smallest absolute Gasteiger partial charge is 0.317 e. The monoisotopic (exact) mass is 378 g/mol. The Morgan fingerprint density at radius 1 is 0.964 bits per heavy atom. The number of urea groups is 1. The number of H-pyrrole nitrogens is 1. The van der Waals surface area contributed by atoms with Crippen LogP contribution in [0, 0.1) is 0 Å². The Bertz CT molecular complexity index is 930. The zero-order chi connectivity index (χ0) is 19.3. The summed E-state index contributed by atoms with van der Waals surface area (Å²) < 4.78 is 0. The molecule has 3 N–H and O–H groups in total. The molecule has 8 nitrogen and oxygen atoms in total. The van der Waals surface area contributed by atoms with Gasteiger partial charge in [-0.1, -0.05) is 30.3 Å². The van der Waals surface area contributed by atoms with E-state index in [0.29, 0.717) is 19.0 Å². The number of nitrogens with zero attached hydrogens (tertiary/aromatic N) is 3. The maximum atomic E-state index is 12.3. The van der Waals surface area contributed by atoms with Crippen molar-refractivity contribution in [2.24, 2.45) is 0 Å². The van der Waals surface area contributed by atoms with Gasteiger partial charge >= 0.3 is 6.03 Å². The Morgan fingerprint density at radius 3 is 2.43 bits per heavy atom. The molecule has 2 heterocycles. The summed E-state index contributed by atoms with van der Waals surface area (Å²) in [5.41, 5.74) is 2.78. The van der Waals surface area contributed by atoms with Crippen molar-refractivity contribution in [2.75, 3.05) is 42.9 Å². The molecule has 1 aromatic heterocycles. The highest BCUT2D eigenvalue weighted by molar-refractivity contribution is 5.94. The van der Waals surface area contributed by atoms with Crippen molar-refractivity contribution in [1.29, 1.82) is 0 Å². The number of carbonyl (C=O) groups is 2. The standard InChI is InChI=1S/C20H22N6O2/c27-18(24-19-22-16-8-4-5-9-17(16)23-19)14-21-20(28)26-12-10-25(11-13-26)15-6-2-1-3-7-15/h1-9H,10-14H2,(H,21,28)(H2,22,23,24,27). The molecule has 0 saturated carbocycles. The van der Waals surface area contributed by atoms with Crippen molar-refractivity contribution in [1.82, 2.24) is 20.2 Å². The van der Waals surface area contributed by atoms with Crippen LogP contribution in [0.15, 0.2) is 54.6 Å². The number of piperazine rings is 1. The fourth-order valence-electron chi connectivity index (χ4n) is 3.26. The fourth-order valence-corrected chi connectivity index (χ4v) is 3.26. The highest BCUT2D eigenvalue weighted by Gasteiger charge is 2.21.